The molecule has 1 aliphatic heterocycles. The lowest BCUT2D eigenvalue weighted by atomic mass is 9.63. The third-order valence-corrected chi connectivity index (χ3v) is 4.64. The van der Waals surface area contributed by atoms with Gasteiger partial charge in [-0.15, -0.1) is 0 Å². The van der Waals surface area contributed by atoms with Crippen LogP contribution >= 0.6 is 0 Å². The summed E-state index contributed by atoms with van der Waals surface area (Å²) >= 11 is 0. The second-order valence-corrected chi connectivity index (χ2v) is 6.99. The SMILES string of the molecule is CC1(C)C=C(c2ccccc2)[C@H]2CCCO[C@@]2(C)C1. The minimum absolute atomic E-state index is 0.0156. The van der Waals surface area contributed by atoms with Crippen molar-refractivity contribution in [2.75, 3.05) is 6.61 Å². The zero-order valence-electron chi connectivity index (χ0n) is 12.3. The van der Waals surface area contributed by atoms with Crippen molar-refractivity contribution >= 4 is 5.57 Å². The quantitative estimate of drug-likeness (QED) is 0.708. The van der Waals surface area contributed by atoms with Crippen molar-refractivity contribution in [1.82, 2.24) is 0 Å². The highest BCUT2D eigenvalue weighted by molar-refractivity contribution is 5.70. The Balaban J connectivity index is 2.07. The van der Waals surface area contributed by atoms with Crippen LogP contribution in [0.3, 0.4) is 0 Å². The van der Waals surface area contributed by atoms with Gasteiger partial charge in [0, 0.05) is 12.5 Å². The van der Waals surface area contributed by atoms with Crippen LogP contribution in [0.5, 0.6) is 0 Å². The van der Waals surface area contributed by atoms with Crippen LogP contribution in [0.2, 0.25) is 0 Å². The van der Waals surface area contributed by atoms with Gasteiger partial charge in [-0.25, -0.2) is 0 Å². The van der Waals surface area contributed by atoms with E-state index in [2.05, 4.69) is 57.2 Å². The summed E-state index contributed by atoms with van der Waals surface area (Å²) in [5, 5.41) is 0. The fourth-order valence-electron chi connectivity index (χ4n) is 4.05. The van der Waals surface area contributed by atoms with Crippen LogP contribution in [0.25, 0.3) is 5.57 Å². The van der Waals surface area contributed by atoms with Gasteiger partial charge in [0.25, 0.3) is 0 Å². The third-order valence-electron chi connectivity index (χ3n) is 4.64. The molecular formula is C18H24O. The average molecular weight is 256 g/mol. The van der Waals surface area contributed by atoms with Crippen molar-refractivity contribution in [3.8, 4) is 0 Å². The lowest BCUT2D eigenvalue weighted by Crippen LogP contribution is -2.47. The number of rotatable bonds is 1. The summed E-state index contributed by atoms with van der Waals surface area (Å²) in [6.07, 6.45) is 6.06. The molecule has 0 bridgehead atoms. The Morgan fingerprint density at radius 3 is 2.58 bits per heavy atom. The van der Waals surface area contributed by atoms with Gasteiger partial charge in [-0.05, 0) is 42.7 Å². The van der Waals surface area contributed by atoms with Gasteiger partial charge in [-0.1, -0.05) is 50.3 Å². The molecule has 3 rings (SSSR count). The first kappa shape index (κ1) is 12.9. The number of allylic oxidation sites excluding steroid dienone is 1. The van der Waals surface area contributed by atoms with Crippen LogP contribution in [0.4, 0.5) is 0 Å². The number of hydrogen-bond acceptors (Lipinski definition) is 1. The highest BCUT2D eigenvalue weighted by atomic mass is 16.5. The molecule has 0 N–H and O–H groups in total. The summed E-state index contributed by atoms with van der Waals surface area (Å²) < 4.78 is 6.22. The Hall–Kier alpha value is -1.08. The first-order valence-corrected chi connectivity index (χ1v) is 7.42. The molecule has 0 saturated carbocycles. The van der Waals surface area contributed by atoms with Gasteiger partial charge >= 0.3 is 0 Å². The molecule has 0 spiro atoms. The maximum atomic E-state index is 6.22. The maximum absolute atomic E-state index is 6.22. The summed E-state index contributed by atoms with van der Waals surface area (Å²) in [6, 6.07) is 10.8. The van der Waals surface area contributed by atoms with Crippen molar-refractivity contribution in [3.05, 3.63) is 42.0 Å². The van der Waals surface area contributed by atoms with E-state index in [1.54, 1.807) is 0 Å². The molecule has 2 atom stereocenters. The molecule has 1 saturated heterocycles. The highest BCUT2D eigenvalue weighted by Gasteiger charge is 2.46. The van der Waals surface area contributed by atoms with Crippen LogP contribution in [0.1, 0.15) is 45.6 Å². The largest absolute Gasteiger partial charge is 0.375 e. The Morgan fingerprint density at radius 2 is 1.84 bits per heavy atom. The van der Waals surface area contributed by atoms with Gasteiger partial charge in [0.2, 0.25) is 0 Å². The fraction of sp³-hybridized carbons (Fsp3) is 0.556. The van der Waals surface area contributed by atoms with Gasteiger partial charge in [0.15, 0.2) is 0 Å². The number of ether oxygens (including phenoxy) is 1. The van der Waals surface area contributed by atoms with E-state index >= 15 is 0 Å². The van der Waals surface area contributed by atoms with E-state index in [9.17, 15) is 0 Å². The van der Waals surface area contributed by atoms with E-state index in [4.69, 9.17) is 4.74 Å². The first-order valence-electron chi connectivity index (χ1n) is 7.42. The molecule has 0 radical (unpaired) electrons. The summed E-state index contributed by atoms with van der Waals surface area (Å²) in [6.45, 7) is 7.89. The first-order chi connectivity index (χ1) is 9.00. The van der Waals surface area contributed by atoms with Crippen molar-refractivity contribution in [2.45, 2.75) is 45.6 Å². The van der Waals surface area contributed by atoms with E-state index in [0.717, 1.165) is 13.0 Å². The molecule has 1 heterocycles. The van der Waals surface area contributed by atoms with Crippen LogP contribution in [-0.4, -0.2) is 12.2 Å². The fourth-order valence-corrected chi connectivity index (χ4v) is 4.05. The summed E-state index contributed by atoms with van der Waals surface area (Å²) in [4.78, 5) is 0. The molecule has 0 amide bonds. The van der Waals surface area contributed by atoms with Gasteiger partial charge in [0.1, 0.15) is 0 Å². The van der Waals surface area contributed by atoms with Gasteiger partial charge in [-0.2, -0.15) is 0 Å². The number of fused-ring (bicyclic) bond motifs is 1. The molecule has 102 valence electrons. The lowest BCUT2D eigenvalue weighted by Gasteiger charge is -2.50. The monoisotopic (exact) mass is 256 g/mol. The van der Waals surface area contributed by atoms with Crippen LogP contribution in [-0.2, 0) is 4.74 Å². The second-order valence-electron chi connectivity index (χ2n) is 6.99. The zero-order valence-corrected chi connectivity index (χ0v) is 12.3. The van der Waals surface area contributed by atoms with Gasteiger partial charge in [0.05, 0.1) is 5.60 Å². The Labute approximate surface area is 116 Å². The van der Waals surface area contributed by atoms with Crippen LogP contribution in [0, 0.1) is 11.3 Å². The topological polar surface area (TPSA) is 9.23 Å². The predicted molar refractivity (Wildman–Crippen MR) is 79.9 cm³/mol. The molecule has 1 fully saturated rings. The van der Waals surface area contributed by atoms with E-state index in [0.29, 0.717) is 5.92 Å². The standard InChI is InChI=1S/C18H24O/c1-17(2)12-15(14-8-5-4-6-9-14)16-10-7-11-19-18(16,3)13-17/h4-6,8-9,12,16H,7,10-11,13H2,1-3H3/t16-,18+/m1/s1. The number of benzene rings is 1. The van der Waals surface area contributed by atoms with Crippen molar-refractivity contribution in [3.63, 3.8) is 0 Å². The Morgan fingerprint density at radius 1 is 1.11 bits per heavy atom. The normalized spacial score (nSPS) is 33.4. The van der Waals surface area contributed by atoms with Gasteiger partial charge in [-0.3, -0.25) is 0 Å². The third kappa shape index (κ3) is 2.36. The maximum Gasteiger partial charge on any atom is 0.0730 e. The molecule has 1 aromatic carbocycles. The predicted octanol–water partition coefficient (Wildman–Crippen LogP) is 4.69. The Kier molecular flexibility index (Phi) is 3.05. The summed E-state index contributed by atoms with van der Waals surface area (Å²) in [7, 11) is 0. The van der Waals surface area contributed by atoms with Crippen molar-refractivity contribution in [2.24, 2.45) is 11.3 Å². The highest BCUT2D eigenvalue weighted by Crippen LogP contribution is 2.51. The smallest absolute Gasteiger partial charge is 0.0730 e. The molecule has 1 aliphatic carbocycles. The van der Waals surface area contributed by atoms with Crippen molar-refractivity contribution < 1.29 is 4.74 Å². The van der Waals surface area contributed by atoms with E-state index in [1.807, 2.05) is 0 Å². The van der Waals surface area contributed by atoms with Crippen molar-refractivity contribution in [1.29, 1.82) is 0 Å². The number of hydrogen-bond donors (Lipinski definition) is 0. The Bertz CT molecular complexity index is 486. The molecule has 1 heteroatoms. The minimum Gasteiger partial charge on any atom is -0.375 e. The van der Waals surface area contributed by atoms with E-state index < -0.39 is 0 Å². The van der Waals surface area contributed by atoms with E-state index in [-0.39, 0.29) is 11.0 Å². The molecule has 2 aliphatic rings. The zero-order chi connectivity index (χ0) is 13.5. The molecule has 19 heavy (non-hydrogen) atoms. The molecule has 0 aromatic heterocycles. The molecule has 0 unspecified atom stereocenters. The second kappa shape index (κ2) is 4.49. The molecular weight excluding hydrogens is 232 g/mol. The molecule has 1 aromatic rings. The van der Waals surface area contributed by atoms with Gasteiger partial charge < -0.3 is 4.74 Å². The van der Waals surface area contributed by atoms with Crippen LogP contribution in [0.15, 0.2) is 36.4 Å². The minimum atomic E-state index is 0.0156. The average Bonchev–Trinajstić information content (AvgIpc) is 2.36. The van der Waals surface area contributed by atoms with Crippen LogP contribution < -0.4 is 0 Å². The summed E-state index contributed by atoms with van der Waals surface area (Å²) in [5.74, 6) is 0.552. The van der Waals surface area contributed by atoms with E-state index in [1.165, 1.54) is 24.0 Å². The molecule has 1 nitrogen and oxygen atoms in total. The lowest BCUT2D eigenvalue weighted by molar-refractivity contribution is -0.111. The summed E-state index contributed by atoms with van der Waals surface area (Å²) in [5.41, 5.74) is 3.10.